The lowest BCUT2D eigenvalue weighted by molar-refractivity contribution is -0.132. The third kappa shape index (κ3) is 4.52. The molecule has 2 aromatic rings. The fraction of sp³-hybridized carbons (Fsp3) is 0.423. The Hall–Kier alpha value is -2.85. The fourth-order valence-electron chi connectivity index (χ4n) is 4.92. The smallest absolute Gasteiger partial charge is 0.256 e. The van der Waals surface area contributed by atoms with E-state index >= 15 is 0 Å². The number of rotatable bonds is 8. The Balaban J connectivity index is 1.29. The summed E-state index contributed by atoms with van der Waals surface area (Å²) in [6.45, 7) is 4.45. The van der Waals surface area contributed by atoms with E-state index in [0.717, 1.165) is 11.1 Å². The molecule has 2 aromatic carbocycles. The van der Waals surface area contributed by atoms with Gasteiger partial charge >= 0.3 is 0 Å². The van der Waals surface area contributed by atoms with Crippen LogP contribution in [0.4, 0.5) is 0 Å². The van der Waals surface area contributed by atoms with Crippen LogP contribution in [0.5, 0.6) is 11.5 Å². The molecule has 3 heterocycles. The van der Waals surface area contributed by atoms with Gasteiger partial charge in [0.05, 0.1) is 0 Å². The number of thioether (sulfide) groups is 2. The van der Waals surface area contributed by atoms with E-state index in [1.807, 2.05) is 62.6 Å². The zero-order valence-corrected chi connectivity index (χ0v) is 22.0. The molecule has 10 heteroatoms. The van der Waals surface area contributed by atoms with Gasteiger partial charge in [0.1, 0.15) is 17.5 Å². The number of amides is 3. The van der Waals surface area contributed by atoms with Crippen LogP contribution < -0.4 is 20.1 Å². The van der Waals surface area contributed by atoms with Crippen molar-refractivity contribution < 1.29 is 23.9 Å². The van der Waals surface area contributed by atoms with Gasteiger partial charge in [-0.05, 0) is 61.6 Å². The second kappa shape index (κ2) is 9.89. The number of nitrogens with one attached hydrogen (secondary N) is 2. The normalized spacial score (nSPS) is 21.6. The number of nitrogens with zero attached hydrogens (tertiary/aromatic N) is 1. The molecule has 0 aliphatic carbocycles. The van der Waals surface area contributed by atoms with E-state index in [4.69, 9.17) is 9.47 Å². The Bertz CT molecular complexity index is 1200. The number of carbonyl (C=O) groups excluding carboxylic acids is 3. The number of ether oxygens (including phenoxy) is 2. The Morgan fingerprint density at radius 3 is 2.78 bits per heavy atom. The molecule has 1 fully saturated rings. The van der Waals surface area contributed by atoms with E-state index in [0.29, 0.717) is 35.8 Å². The number of benzene rings is 2. The van der Waals surface area contributed by atoms with Crippen LogP contribution in [0, 0.1) is 0 Å². The topological polar surface area (TPSA) is 97.0 Å². The van der Waals surface area contributed by atoms with Crippen molar-refractivity contribution in [1.82, 2.24) is 15.5 Å². The summed E-state index contributed by atoms with van der Waals surface area (Å²) < 4.78 is 10.2. The summed E-state index contributed by atoms with van der Waals surface area (Å²) in [7, 11) is 0. The van der Waals surface area contributed by atoms with Gasteiger partial charge in [0.2, 0.25) is 18.6 Å². The zero-order chi connectivity index (χ0) is 25.4. The molecule has 3 amide bonds. The molecule has 1 unspecified atom stereocenters. The van der Waals surface area contributed by atoms with E-state index in [1.54, 1.807) is 28.4 Å². The van der Waals surface area contributed by atoms with Crippen molar-refractivity contribution in [1.29, 1.82) is 0 Å². The molecule has 3 atom stereocenters. The van der Waals surface area contributed by atoms with Crippen LogP contribution >= 0.6 is 23.5 Å². The van der Waals surface area contributed by atoms with Crippen molar-refractivity contribution in [2.75, 3.05) is 18.8 Å². The minimum absolute atomic E-state index is 0.137. The highest BCUT2D eigenvalue weighted by Crippen LogP contribution is 2.56. The average molecular weight is 528 g/mol. The number of hydrogen-bond acceptors (Lipinski definition) is 7. The molecule has 0 saturated carbocycles. The molecule has 0 aromatic heterocycles. The summed E-state index contributed by atoms with van der Waals surface area (Å²) in [5.74, 6) is 1.35. The minimum atomic E-state index is -0.709. The average Bonchev–Trinajstić information content (AvgIpc) is 3.51. The standard InChI is InChI=1S/C26H29N3O5S2/c1-26(2)21(29-24(32)16-6-4-5-7-17(16)25(29)36-26)23(31)28-18(10-11-35-3)22(30)27-13-15-8-9-19-20(12-15)34-14-33-19/h4-9,12,18,21,25H,10-11,13-14H2,1-3H3,(H,27,30)(H,28,31)/t18-,21+,25?/m0/s1. The van der Waals surface area contributed by atoms with Gasteiger partial charge in [0, 0.05) is 16.9 Å². The van der Waals surface area contributed by atoms with E-state index in [1.165, 1.54) is 0 Å². The van der Waals surface area contributed by atoms with Gasteiger partial charge in [-0.15, -0.1) is 11.8 Å². The van der Waals surface area contributed by atoms with Gasteiger partial charge in [0.15, 0.2) is 11.5 Å². The van der Waals surface area contributed by atoms with Gasteiger partial charge in [-0.3, -0.25) is 14.4 Å². The summed E-state index contributed by atoms with van der Waals surface area (Å²) in [6.07, 6.45) is 2.45. The predicted octanol–water partition coefficient (Wildman–Crippen LogP) is 3.32. The first-order chi connectivity index (χ1) is 17.3. The lowest BCUT2D eigenvalue weighted by Crippen LogP contribution is -2.57. The van der Waals surface area contributed by atoms with Crippen molar-refractivity contribution in [3.63, 3.8) is 0 Å². The summed E-state index contributed by atoms with van der Waals surface area (Å²) in [5, 5.41) is 5.71. The highest BCUT2D eigenvalue weighted by molar-refractivity contribution is 8.01. The van der Waals surface area contributed by atoms with E-state index < -0.39 is 16.8 Å². The highest BCUT2D eigenvalue weighted by atomic mass is 32.2. The van der Waals surface area contributed by atoms with Crippen LogP contribution in [0.15, 0.2) is 42.5 Å². The van der Waals surface area contributed by atoms with Gasteiger partial charge in [-0.25, -0.2) is 0 Å². The third-order valence-corrected chi connectivity index (χ3v) is 8.87. The summed E-state index contributed by atoms with van der Waals surface area (Å²) >= 11 is 3.22. The molecule has 0 spiro atoms. The maximum atomic E-state index is 13.6. The zero-order valence-electron chi connectivity index (χ0n) is 20.4. The molecule has 3 aliphatic heterocycles. The third-order valence-electron chi connectivity index (χ3n) is 6.69. The second-order valence-electron chi connectivity index (χ2n) is 9.52. The molecule has 0 radical (unpaired) electrons. The van der Waals surface area contributed by atoms with Crippen molar-refractivity contribution in [2.24, 2.45) is 0 Å². The second-order valence-corrected chi connectivity index (χ2v) is 12.2. The van der Waals surface area contributed by atoms with Crippen molar-refractivity contribution in [2.45, 2.75) is 49.0 Å². The molecule has 3 aliphatic rings. The Kier molecular flexibility index (Phi) is 6.82. The lowest BCUT2D eigenvalue weighted by Gasteiger charge is -2.31. The first-order valence-electron chi connectivity index (χ1n) is 11.8. The number of hydrogen-bond donors (Lipinski definition) is 2. The predicted molar refractivity (Wildman–Crippen MR) is 140 cm³/mol. The Morgan fingerprint density at radius 2 is 1.97 bits per heavy atom. The first-order valence-corrected chi connectivity index (χ1v) is 14.1. The van der Waals surface area contributed by atoms with Crippen LogP contribution in [-0.2, 0) is 16.1 Å². The monoisotopic (exact) mass is 527 g/mol. The maximum Gasteiger partial charge on any atom is 0.256 e. The molecule has 190 valence electrons. The molecule has 0 bridgehead atoms. The first kappa shape index (κ1) is 24.8. The summed E-state index contributed by atoms with van der Waals surface area (Å²) in [6, 6.07) is 11.6. The fourth-order valence-corrected chi connectivity index (χ4v) is 6.98. The molecule has 36 heavy (non-hydrogen) atoms. The van der Waals surface area contributed by atoms with Gasteiger partial charge in [-0.2, -0.15) is 11.8 Å². The molecule has 2 N–H and O–H groups in total. The number of carbonyl (C=O) groups is 3. The van der Waals surface area contributed by atoms with Gasteiger partial charge in [0.25, 0.3) is 5.91 Å². The molecule has 1 saturated heterocycles. The van der Waals surface area contributed by atoms with Crippen molar-refractivity contribution in [3.05, 3.63) is 59.2 Å². The van der Waals surface area contributed by atoms with Crippen molar-refractivity contribution >= 4 is 41.2 Å². The molecular formula is C26H29N3O5S2. The van der Waals surface area contributed by atoms with E-state index in [-0.39, 0.29) is 29.9 Å². The van der Waals surface area contributed by atoms with Crippen LogP contribution in [-0.4, -0.2) is 58.3 Å². The Morgan fingerprint density at radius 1 is 1.19 bits per heavy atom. The minimum Gasteiger partial charge on any atom is -0.454 e. The van der Waals surface area contributed by atoms with Crippen LogP contribution in [0.25, 0.3) is 0 Å². The van der Waals surface area contributed by atoms with Gasteiger partial charge < -0.3 is 25.0 Å². The van der Waals surface area contributed by atoms with Gasteiger partial charge in [-0.1, -0.05) is 24.3 Å². The van der Waals surface area contributed by atoms with E-state index in [2.05, 4.69) is 10.6 Å². The summed E-state index contributed by atoms with van der Waals surface area (Å²) in [4.78, 5) is 41.7. The maximum absolute atomic E-state index is 13.6. The van der Waals surface area contributed by atoms with Crippen LogP contribution in [0.3, 0.4) is 0 Å². The number of fused-ring (bicyclic) bond motifs is 4. The summed E-state index contributed by atoms with van der Waals surface area (Å²) in [5.41, 5.74) is 2.46. The van der Waals surface area contributed by atoms with Crippen LogP contribution in [0.1, 0.15) is 47.1 Å². The quantitative estimate of drug-likeness (QED) is 0.544. The Labute approximate surface area is 218 Å². The van der Waals surface area contributed by atoms with Crippen molar-refractivity contribution in [3.8, 4) is 11.5 Å². The van der Waals surface area contributed by atoms with E-state index in [9.17, 15) is 14.4 Å². The molecule has 8 nitrogen and oxygen atoms in total. The highest BCUT2D eigenvalue weighted by Gasteiger charge is 2.57. The molecule has 5 rings (SSSR count). The lowest BCUT2D eigenvalue weighted by atomic mass is 10.00. The van der Waals surface area contributed by atoms with Crippen LogP contribution in [0.2, 0.25) is 0 Å². The SMILES string of the molecule is CSCC[C@H](NC(=O)[C@H]1N2C(=O)c3ccccc3C2SC1(C)C)C(=O)NCc1ccc2c(c1)OCO2. The largest absolute Gasteiger partial charge is 0.454 e. The molecular weight excluding hydrogens is 498 g/mol.